The molecule has 12 aromatic carbocycles. The minimum atomic E-state index is -4.75. The monoisotopic (exact) mass is 1120 g/mol. The normalized spacial score (nSPS) is 12.0. The molecule has 0 saturated heterocycles. The van der Waals surface area contributed by atoms with Crippen LogP contribution >= 0.6 is 0 Å². The number of benzene rings is 12. The third kappa shape index (κ3) is 10.2. The molecule has 12 aromatic rings. The van der Waals surface area contributed by atoms with E-state index in [1.165, 1.54) is 60.7 Å². The van der Waals surface area contributed by atoms with Crippen LogP contribution in [0.15, 0.2) is 206 Å². The van der Waals surface area contributed by atoms with Crippen LogP contribution in [0.4, 0.5) is 95.6 Å². The zero-order valence-electron chi connectivity index (χ0n) is 41.8. The van der Waals surface area contributed by atoms with Crippen LogP contribution in [0.5, 0.6) is 0 Å². The molecule has 2 nitrogen and oxygen atoms in total. The first-order valence-electron chi connectivity index (χ1n) is 24.9. The van der Waals surface area contributed by atoms with Gasteiger partial charge in [0.1, 0.15) is 46.5 Å². The highest BCUT2D eigenvalue weighted by Gasteiger charge is 2.32. The summed E-state index contributed by atoms with van der Waals surface area (Å²) >= 11 is 0. The van der Waals surface area contributed by atoms with Gasteiger partial charge in [-0.05, 0) is 212 Å². The molecule has 0 heterocycles. The second-order valence-electron chi connectivity index (χ2n) is 19.5. The van der Waals surface area contributed by atoms with Crippen molar-refractivity contribution in [1.29, 1.82) is 0 Å². The van der Waals surface area contributed by atoms with Crippen molar-refractivity contribution in [1.82, 2.24) is 0 Å². The SMILES string of the molecule is Fc1cc(F)cc(-c2cc(-c3cc(F)cc(F)c3)cc(N(c3ccc(C(F)(F)F)cc3)c3ccc4ccc5c(N(c6ccc(C(F)(F)F)cc6)c6cc(-c7cc(F)cc(F)c7)cc(-c7cc(F)cc(F)c7)c6)ccc6ccc3c4c65)c2)c1. The minimum Gasteiger partial charge on any atom is -0.310 e. The summed E-state index contributed by atoms with van der Waals surface area (Å²) in [4.78, 5) is 3.16. The number of hydrogen-bond donors (Lipinski definition) is 0. The number of nitrogens with zero attached hydrogens (tertiary/aromatic N) is 2. The Morgan fingerprint density at radius 3 is 0.732 bits per heavy atom. The fraction of sp³-hybridized carbons (Fsp3) is 0.0303. The van der Waals surface area contributed by atoms with Gasteiger partial charge in [-0.3, -0.25) is 0 Å². The molecule has 82 heavy (non-hydrogen) atoms. The molecule has 0 aliphatic heterocycles. The molecule has 0 saturated carbocycles. The second kappa shape index (κ2) is 20.1. The van der Waals surface area contributed by atoms with Gasteiger partial charge in [-0.1, -0.05) is 36.4 Å². The number of hydrogen-bond acceptors (Lipinski definition) is 2. The summed E-state index contributed by atoms with van der Waals surface area (Å²) in [6, 6.07) is 42.2. The van der Waals surface area contributed by atoms with Gasteiger partial charge in [-0.15, -0.1) is 0 Å². The third-order valence-corrected chi connectivity index (χ3v) is 14.1. The molecule has 0 aliphatic carbocycles. The fourth-order valence-electron chi connectivity index (χ4n) is 10.6. The van der Waals surface area contributed by atoms with Crippen LogP contribution in [0.2, 0.25) is 0 Å². The second-order valence-corrected chi connectivity index (χ2v) is 19.5. The predicted octanol–water partition coefficient (Wildman–Crippen LogP) is 21.3. The molecule has 406 valence electrons. The summed E-state index contributed by atoms with van der Waals surface area (Å²) in [6.45, 7) is 0. The Labute approximate surface area is 456 Å². The van der Waals surface area contributed by atoms with Crippen molar-refractivity contribution in [3.8, 4) is 44.5 Å². The van der Waals surface area contributed by atoms with E-state index in [1.807, 2.05) is 0 Å². The molecule has 0 N–H and O–H groups in total. The molecule has 0 spiro atoms. The van der Waals surface area contributed by atoms with Crippen molar-refractivity contribution in [2.24, 2.45) is 0 Å². The molecule has 0 fully saturated rings. The van der Waals surface area contributed by atoms with Gasteiger partial charge in [0, 0.05) is 57.8 Å². The Morgan fingerprint density at radius 2 is 0.476 bits per heavy atom. The van der Waals surface area contributed by atoms with Crippen LogP contribution in [0.25, 0.3) is 76.8 Å². The van der Waals surface area contributed by atoms with Gasteiger partial charge in [0.2, 0.25) is 0 Å². The molecule has 0 amide bonds. The molecule has 0 atom stereocenters. The highest BCUT2D eigenvalue weighted by atomic mass is 19.4. The highest BCUT2D eigenvalue weighted by Crippen LogP contribution is 2.50. The quantitative estimate of drug-likeness (QED) is 0.0995. The van der Waals surface area contributed by atoms with Crippen LogP contribution in [0.1, 0.15) is 11.1 Å². The third-order valence-electron chi connectivity index (χ3n) is 14.1. The van der Waals surface area contributed by atoms with Crippen molar-refractivity contribution in [2.75, 3.05) is 9.80 Å². The first kappa shape index (κ1) is 53.0. The van der Waals surface area contributed by atoms with Crippen molar-refractivity contribution in [2.45, 2.75) is 12.4 Å². The molecule has 0 aromatic heterocycles. The number of alkyl halides is 6. The van der Waals surface area contributed by atoms with E-state index in [0.717, 1.165) is 72.8 Å². The first-order chi connectivity index (χ1) is 39.1. The van der Waals surface area contributed by atoms with Crippen LogP contribution in [0, 0.1) is 46.5 Å². The number of rotatable bonds is 10. The van der Waals surface area contributed by atoms with Crippen LogP contribution < -0.4 is 9.80 Å². The number of halogens is 14. The van der Waals surface area contributed by atoms with E-state index in [4.69, 9.17) is 0 Å². The summed E-state index contributed by atoms with van der Waals surface area (Å²) in [5, 5.41) is 3.34. The Bertz CT molecular complexity index is 3970. The minimum absolute atomic E-state index is 0.00852. The van der Waals surface area contributed by atoms with Crippen molar-refractivity contribution < 1.29 is 61.5 Å². The average molecular weight is 1120 g/mol. The zero-order valence-corrected chi connectivity index (χ0v) is 41.8. The van der Waals surface area contributed by atoms with E-state index in [0.29, 0.717) is 68.0 Å². The Kier molecular flexibility index (Phi) is 13.0. The van der Waals surface area contributed by atoms with E-state index >= 15 is 0 Å². The molecule has 16 heteroatoms. The van der Waals surface area contributed by atoms with E-state index < -0.39 is 70.0 Å². The van der Waals surface area contributed by atoms with E-state index in [2.05, 4.69) is 0 Å². The van der Waals surface area contributed by atoms with E-state index in [-0.39, 0.29) is 67.3 Å². The highest BCUT2D eigenvalue weighted by molar-refractivity contribution is 6.28. The van der Waals surface area contributed by atoms with Gasteiger partial charge in [-0.25, -0.2) is 35.1 Å². The Hall–Kier alpha value is -9.70. The molecular weight excluding hydrogens is 1090 g/mol. The lowest BCUT2D eigenvalue weighted by molar-refractivity contribution is -0.138. The standard InChI is InChI=1S/C66H34F14N2/c67-47-19-41(20-48(68)31-47)37-17-38(42-21-49(69)32-50(70)22-42)28-57(27-37)81(55-9-5-45(6-10-55)65(75,76)77)61-16-4-36-2-14-60-62(15-3-35-1-13-59(61)64(36)63(35)60)82(56-11-7-46(8-12-56)66(78,79)80)58-29-39(43-23-51(71)33-52(72)24-43)18-40(30-58)44-25-53(73)34-54(74)26-44/h1-34H. The molecule has 0 unspecified atom stereocenters. The van der Waals surface area contributed by atoms with Crippen LogP contribution in [0.3, 0.4) is 0 Å². The van der Waals surface area contributed by atoms with Crippen LogP contribution in [-0.2, 0) is 12.4 Å². The van der Waals surface area contributed by atoms with Gasteiger partial charge in [0.05, 0.1) is 22.5 Å². The summed E-state index contributed by atoms with van der Waals surface area (Å²) in [6.07, 6.45) is -9.51. The van der Waals surface area contributed by atoms with E-state index in [1.54, 1.807) is 58.3 Å². The van der Waals surface area contributed by atoms with Gasteiger partial charge in [-0.2, -0.15) is 26.3 Å². The lowest BCUT2D eigenvalue weighted by atomic mass is 9.91. The maximum atomic E-state index is 15.0. The van der Waals surface area contributed by atoms with Crippen LogP contribution in [-0.4, -0.2) is 0 Å². The van der Waals surface area contributed by atoms with E-state index in [9.17, 15) is 61.5 Å². The summed E-state index contributed by atoms with van der Waals surface area (Å²) in [7, 11) is 0. The topological polar surface area (TPSA) is 6.48 Å². The molecule has 12 rings (SSSR count). The van der Waals surface area contributed by atoms with Gasteiger partial charge >= 0.3 is 12.4 Å². The summed E-state index contributed by atoms with van der Waals surface area (Å²) in [5.41, 5.74) is -0.0769. The average Bonchev–Trinajstić information content (AvgIpc) is 3.42. The lowest BCUT2D eigenvalue weighted by Gasteiger charge is -2.30. The van der Waals surface area contributed by atoms with Gasteiger partial charge in [0.25, 0.3) is 0 Å². The molecular formula is C66H34F14N2. The lowest BCUT2D eigenvalue weighted by Crippen LogP contribution is -2.13. The maximum Gasteiger partial charge on any atom is 0.416 e. The fourth-order valence-corrected chi connectivity index (χ4v) is 10.6. The largest absolute Gasteiger partial charge is 0.416 e. The zero-order chi connectivity index (χ0) is 57.5. The number of anilines is 6. The Balaban J connectivity index is 1.13. The predicted molar refractivity (Wildman–Crippen MR) is 291 cm³/mol. The van der Waals surface area contributed by atoms with Crippen molar-refractivity contribution >= 4 is 66.4 Å². The molecule has 0 aliphatic rings. The smallest absolute Gasteiger partial charge is 0.310 e. The molecule has 0 radical (unpaired) electrons. The summed E-state index contributed by atoms with van der Waals surface area (Å²) in [5.74, 6) is -7.57. The summed E-state index contributed by atoms with van der Waals surface area (Å²) < 4.78 is 205. The van der Waals surface area contributed by atoms with Crippen molar-refractivity contribution in [3.63, 3.8) is 0 Å². The first-order valence-corrected chi connectivity index (χ1v) is 24.9. The van der Waals surface area contributed by atoms with Crippen molar-refractivity contribution in [3.05, 3.63) is 264 Å². The maximum absolute atomic E-state index is 15.0. The Morgan fingerprint density at radius 1 is 0.232 bits per heavy atom. The molecule has 0 bridgehead atoms. The van der Waals surface area contributed by atoms with Gasteiger partial charge in [0.15, 0.2) is 0 Å². The van der Waals surface area contributed by atoms with Gasteiger partial charge < -0.3 is 9.80 Å².